The second-order valence-electron chi connectivity index (χ2n) is 5.22. The molecule has 19 heavy (non-hydrogen) atoms. The molecule has 1 aliphatic rings. The van der Waals surface area contributed by atoms with Crippen molar-refractivity contribution in [3.8, 4) is 11.1 Å². The van der Waals surface area contributed by atoms with E-state index in [0.29, 0.717) is 12.2 Å². The van der Waals surface area contributed by atoms with Gasteiger partial charge in [0, 0.05) is 17.4 Å². The van der Waals surface area contributed by atoms with E-state index in [1.54, 1.807) is 0 Å². The van der Waals surface area contributed by atoms with Crippen molar-refractivity contribution in [1.29, 1.82) is 0 Å². The topological polar surface area (TPSA) is 53.1 Å². The lowest BCUT2D eigenvalue weighted by molar-refractivity contribution is 0.0437. The first-order valence-corrected chi connectivity index (χ1v) is 6.74. The first-order valence-electron chi connectivity index (χ1n) is 6.74. The molecule has 2 aromatic rings. The van der Waals surface area contributed by atoms with Gasteiger partial charge >= 0.3 is 0 Å². The summed E-state index contributed by atoms with van der Waals surface area (Å²) in [6, 6.07) is 7.87. The van der Waals surface area contributed by atoms with E-state index in [2.05, 4.69) is 18.2 Å². The van der Waals surface area contributed by atoms with Gasteiger partial charge in [-0.1, -0.05) is 12.1 Å². The third-order valence-corrected chi connectivity index (χ3v) is 3.56. The molecule has 1 aromatic carbocycles. The van der Waals surface area contributed by atoms with Gasteiger partial charge in [-0.15, -0.1) is 0 Å². The Morgan fingerprint density at radius 2 is 2.26 bits per heavy atom. The maximum absolute atomic E-state index is 5.82. The van der Waals surface area contributed by atoms with E-state index in [1.165, 1.54) is 0 Å². The van der Waals surface area contributed by atoms with Crippen LogP contribution in [0.1, 0.15) is 19.8 Å². The van der Waals surface area contributed by atoms with E-state index in [-0.39, 0.29) is 0 Å². The molecule has 4 heteroatoms. The van der Waals surface area contributed by atoms with Crippen molar-refractivity contribution in [2.75, 3.05) is 5.73 Å². The molecular weight excluding hydrogens is 238 g/mol. The Labute approximate surface area is 113 Å². The fourth-order valence-electron chi connectivity index (χ4n) is 2.56. The fraction of sp³-hybridized carbons (Fsp3) is 0.400. The normalized spacial score (nSPS) is 22.8. The Morgan fingerprint density at radius 3 is 3.00 bits per heavy atom. The van der Waals surface area contributed by atoms with Crippen molar-refractivity contribution in [3.05, 3.63) is 36.7 Å². The predicted molar refractivity (Wildman–Crippen MR) is 75.6 cm³/mol. The van der Waals surface area contributed by atoms with Crippen LogP contribution in [0.15, 0.2) is 36.7 Å². The Morgan fingerprint density at radius 1 is 1.37 bits per heavy atom. The van der Waals surface area contributed by atoms with Crippen LogP contribution in [0.4, 0.5) is 5.69 Å². The number of nitrogen functional groups attached to an aromatic ring is 1. The summed E-state index contributed by atoms with van der Waals surface area (Å²) >= 11 is 0. The lowest BCUT2D eigenvalue weighted by atomic mass is 10.1. The van der Waals surface area contributed by atoms with Crippen molar-refractivity contribution in [2.45, 2.75) is 38.5 Å². The van der Waals surface area contributed by atoms with Crippen molar-refractivity contribution in [2.24, 2.45) is 0 Å². The van der Waals surface area contributed by atoms with Crippen LogP contribution in [-0.2, 0) is 11.3 Å². The molecule has 0 amide bonds. The van der Waals surface area contributed by atoms with Crippen molar-refractivity contribution < 1.29 is 4.74 Å². The smallest absolute Gasteiger partial charge is 0.0775 e. The van der Waals surface area contributed by atoms with Gasteiger partial charge in [0.25, 0.3) is 0 Å². The summed E-state index contributed by atoms with van der Waals surface area (Å²) in [5.41, 5.74) is 8.78. The second kappa shape index (κ2) is 5.05. The standard InChI is InChI=1S/C15H19N3O/c1-11-5-6-15(19-11)10-18-9-13(8-17-18)12-3-2-4-14(16)7-12/h2-4,7-9,11,15H,5-6,10,16H2,1H3. The first kappa shape index (κ1) is 12.2. The molecule has 3 rings (SSSR count). The molecule has 1 aliphatic heterocycles. The Kier molecular flexibility index (Phi) is 3.25. The van der Waals surface area contributed by atoms with E-state index in [1.807, 2.05) is 35.1 Å². The minimum atomic E-state index is 0.295. The molecule has 1 aromatic heterocycles. The second-order valence-corrected chi connectivity index (χ2v) is 5.22. The average molecular weight is 257 g/mol. The van der Waals surface area contributed by atoms with Gasteiger partial charge in [0.2, 0.25) is 0 Å². The summed E-state index contributed by atoms with van der Waals surface area (Å²) in [7, 11) is 0. The molecule has 0 radical (unpaired) electrons. The molecule has 0 aliphatic carbocycles. The number of benzene rings is 1. The minimum absolute atomic E-state index is 0.295. The summed E-state index contributed by atoms with van der Waals surface area (Å²) in [6.07, 6.45) is 6.88. The number of anilines is 1. The zero-order valence-electron chi connectivity index (χ0n) is 11.1. The summed E-state index contributed by atoms with van der Waals surface area (Å²) in [6.45, 7) is 2.95. The maximum Gasteiger partial charge on any atom is 0.0775 e. The van der Waals surface area contributed by atoms with Crippen LogP contribution in [0.3, 0.4) is 0 Å². The van der Waals surface area contributed by atoms with Gasteiger partial charge in [0.1, 0.15) is 0 Å². The van der Waals surface area contributed by atoms with Crippen LogP contribution in [-0.4, -0.2) is 22.0 Å². The summed E-state index contributed by atoms with van der Waals surface area (Å²) in [5, 5.41) is 4.41. The highest BCUT2D eigenvalue weighted by Gasteiger charge is 2.22. The molecule has 100 valence electrons. The molecule has 0 spiro atoms. The van der Waals surface area contributed by atoms with Crippen LogP contribution in [0.5, 0.6) is 0 Å². The number of ether oxygens (including phenoxy) is 1. The van der Waals surface area contributed by atoms with E-state index >= 15 is 0 Å². The quantitative estimate of drug-likeness (QED) is 0.860. The van der Waals surface area contributed by atoms with E-state index in [9.17, 15) is 0 Å². The van der Waals surface area contributed by atoms with Gasteiger partial charge in [-0.2, -0.15) is 5.10 Å². The van der Waals surface area contributed by atoms with E-state index in [0.717, 1.165) is 36.2 Å². The lowest BCUT2D eigenvalue weighted by Crippen LogP contribution is -2.16. The van der Waals surface area contributed by atoms with Gasteiger partial charge in [-0.05, 0) is 37.5 Å². The van der Waals surface area contributed by atoms with Crippen LogP contribution in [0.2, 0.25) is 0 Å². The Bertz CT molecular complexity index is 564. The zero-order chi connectivity index (χ0) is 13.2. The predicted octanol–water partition coefficient (Wildman–Crippen LogP) is 2.70. The fourth-order valence-corrected chi connectivity index (χ4v) is 2.56. The molecular formula is C15H19N3O. The number of aromatic nitrogens is 2. The molecule has 2 atom stereocenters. The maximum atomic E-state index is 5.82. The monoisotopic (exact) mass is 257 g/mol. The molecule has 0 saturated carbocycles. The van der Waals surface area contributed by atoms with Crippen molar-refractivity contribution >= 4 is 5.69 Å². The molecule has 4 nitrogen and oxygen atoms in total. The molecule has 0 bridgehead atoms. The third kappa shape index (κ3) is 2.79. The van der Waals surface area contributed by atoms with E-state index in [4.69, 9.17) is 10.5 Å². The molecule has 2 N–H and O–H groups in total. The van der Waals surface area contributed by atoms with Gasteiger partial charge < -0.3 is 10.5 Å². The Balaban J connectivity index is 1.73. The third-order valence-electron chi connectivity index (χ3n) is 3.56. The number of hydrogen-bond donors (Lipinski definition) is 1. The van der Waals surface area contributed by atoms with Gasteiger partial charge in [-0.25, -0.2) is 0 Å². The summed E-state index contributed by atoms with van der Waals surface area (Å²) in [4.78, 5) is 0. The van der Waals surface area contributed by atoms with Crippen LogP contribution in [0, 0.1) is 0 Å². The van der Waals surface area contributed by atoms with E-state index < -0.39 is 0 Å². The van der Waals surface area contributed by atoms with Crippen LogP contribution in [0.25, 0.3) is 11.1 Å². The summed E-state index contributed by atoms with van der Waals surface area (Å²) < 4.78 is 7.78. The first-order chi connectivity index (χ1) is 9.20. The Hall–Kier alpha value is -1.81. The average Bonchev–Trinajstić information content (AvgIpc) is 2.99. The largest absolute Gasteiger partial charge is 0.399 e. The summed E-state index contributed by atoms with van der Waals surface area (Å²) in [5.74, 6) is 0. The van der Waals surface area contributed by atoms with Crippen LogP contribution >= 0.6 is 0 Å². The lowest BCUT2D eigenvalue weighted by Gasteiger charge is -2.10. The number of nitrogens with two attached hydrogens (primary N) is 1. The molecule has 1 saturated heterocycles. The highest BCUT2D eigenvalue weighted by atomic mass is 16.5. The van der Waals surface area contributed by atoms with Crippen LogP contribution < -0.4 is 5.73 Å². The van der Waals surface area contributed by atoms with Crippen molar-refractivity contribution in [1.82, 2.24) is 9.78 Å². The number of hydrogen-bond acceptors (Lipinski definition) is 3. The molecule has 2 unspecified atom stereocenters. The van der Waals surface area contributed by atoms with Gasteiger partial charge in [0.05, 0.1) is 24.9 Å². The minimum Gasteiger partial charge on any atom is -0.399 e. The zero-order valence-corrected chi connectivity index (χ0v) is 11.1. The SMILES string of the molecule is CC1CCC(Cn2cc(-c3cccc(N)c3)cn2)O1. The van der Waals surface area contributed by atoms with Crippen molar-refractivity contribution in [3.63, 3.8) is 0 Å². The highest BCUT2D eigenvalue weighted by Crippen LogP contribution is 2.23. The number of nitrogens with zero attached hydrogens (tertiary/aromatic N) is 2. The van der Waals surface area contributed by atoms with Gasteiger partial charge in [0.15, 0.2) is 0 Å². The number of rotatable bonds is 3. The molecule has 1 fully saturated rings. The molecule has 2 heterocycles. The highest BCUT2D eigenvalue weighted by molar-refractivity contribution is 5.65. The van der Waals surface area contributed by atoms with Gasteiger partial charge in [-0.3, -0.25) is 4.68 Å².